The van der Waals surface area contributed by atoms with Gasteiger partial charge in [-0.3, -0.25) is 24.6 Å². The van der Waals surface area contributed by atoms with Crippen LogP contribution in [0.5, 0.6) is 0 Å². The Morgan fingerprint density at radius 3 is 2.50 bits per heavy atom. The van der Waals surface area contributed by atoms with Crippen molar-refractivity contribution in [1.82, 2.24) is 15.1 Å². The molecule has 178 valence electrons. The Morgan fingerprint density at radius 2 is 1.76 bits per heavy atom. The molecule has 2 fully saturated rings. The molecule has 3 aliphatic rings. The maximum Gasteiger partial charge on any atom is 0.255 e. The number of nitrogens with one attached hydrogen (secondary N) is 1. The van der Waals surface area contributed by atoms with Crippen molar-refractivity contribution in [2.24, 2.45) is 0 Å². The average Bonchev–Trinajstić information content (AvgIpc) is 3.15. The highest BCUT2D eigenvalue weighted by atomic mass is 19.1. The number of fused-ring (bicyclic) bond motifs is 1. The van der Waals surface area contributed by atoms with E-state index in [4.69, 9.17) is 0 Å². The number of anilines is 1. The van der Waals surface area contributed by atoms with Crippen LogP contribution in [-0.4, -0.2) is 66.3 Å². The van der Waals surface area contributed by atoms with Crippen LogP contribution in [0.3, 0.4) is 0 Å². The summed E-state index contributed by atoms with van der Waals surface area (Å²) < 4.78 is 15.0. The van der Waals surface area contributed by atoms with Gasteiger partial charge in [-0.15, -0.1) is 0 Å². The van der Waals surface area contributed by atoms with E-state index in [-0.39, 0.29) is 24.8 Å². The predicted molar refractivity (Wildman–Crippen MR) is 126 cm³/mol. The molecule has 3 amide bonds. The number of nitrogens with zero attached hydrogens (tertiary/aromatic N) is 3. The van der Waals surface area contributed by atoms with Crippen molar-refractivity contribution in [3.05, 3.63) is 65.0 Å². The maximum atomic E-state index is 15.0. The van der Waals surface area contributed by atoms with E-state index in [1.807, 2.05) is 11.0 Å². The summed E-state index contributed by atoms with van der Waals surface area (Å²) in [6.07, 6.45) is 2.64. The summed E-state index contributed by atoms with van der Waals surface area (Å²) >= 11 is 0. The van der Waals surface area contributed by atoms with Crippen LogP contribution in [0.25, 0.3) is 0 Å². The minimum absolute atomic E-state index is 0.200. The quantitative estimate of drug-likeness (QED) is 0.665. The lowest BCUT2D eigenvalue weighted by Gasteiger charge is -2.36. The molecule has 2 saturated heterocycles. The van der Waals surface area contributed by atoms with E-state index in [1.165, 1.54) is 16.5 Å². The minimum atomic E-state index is -0.691. The summed E-state index contributed by atoms with van der Waals surface area (Å²) in [5.41, 5.74) is 2.91. The monoisotopic (exact) mass is 464 g/mol. The fourth-order valence-electron chi connectivity index (χ4n) is 5.18. The molecule has 5 rings (SSSR count). The van der Waals surface area contributed by atoms with E-state index < -0.39 is 17.8 Å². The van der Waals surface area contributed by atoms with Gasteiger partial charge < -0.3 is 9.80 Å². The van der Waals surface area contributed by atoms with Crippen molar-refractivity contribution in [1.29, 1.82) is 0 Å². The minimum Gasteiger partial charge on any atom is -0.367 e. The molecule has 2 aromatic carbocycles. The second-order valence-corrected chi connectivity index (χ2v) is 9.28. The van der Waals surface area contributed by atoms with Gasteiger partial charge in [0.05, 0.1) is 5.69 Å². The molecule has 3 aliphatic heterocycles. The third-order valence-electron chi connectivity index (χ3n) is 7.09. The van der Waals surface area contributed by atoms with Crippen LogP contribution in [0.15, 0.2) is 42.5 Å². The molecule has 2 aromatic rings. The van der Waals surface area contributed by atoms with Gasteiger partial charge in [0.2, 0.25) is 11.8 Å². The van der Waals surface area contributed by atoms with Crippen molar-refractivity contribution < 1.29 is 18.8 Å². The van der Waals surface area contributed by atoms with Crippen LogP contribution in [0.2, 0.25) is 0 Å². The number of imide groups is 1. The van der Waals surface area contributed by atoms with Crippen molar-refractivity contribution in [2.45, 2.75) is 38.3 Å². The SMILES string of the molecule is O=C1CCC(N2Cc3cc(N4CCN(CCCc5ccccc5)CC4)c(F)cc3C2=O)C(=O)N1. The lowest BCUT2D eigenvalue weighted by molar-refractivity contribution is -0.136. The van der Waals surface area contributed by atoms with Gasteiger partial charge in [0.25, 0.3) is 5.91 Å². The molecule has 1 N–H and O–H groups in total. The molecule has 1 atom stereocenters. The first-order valence-electron chi connectivity index (χ1n) is 12.0. The molecule has 0 radical (unpaired) electrons. The number of aryl methyl sites for hydroxylation is 1. The predicted octanol–water partition coefficient (Wildman–Crippen LogP) is 2.34. The fourth-order valence-corrected chi connectivity index (χ4v) is 5.18. The summed E-state index contributed by atoms with van der Waals surface area (Å²) in [4.78, 5) is 42.5. The van der Waals surface area contributed by atoms with Gasteiger partial charge in [0.1, 0.15) is 11.9 Å². The van der Waals surface area contributed by atoms with Crippen molar-refractivity contribution in [3.8, 4) is 0 Å². The van der Waals surface area contributed by atoms with Crippen LogP contribution >= 0.6 is 0 Å². The van der Waals surface area contributed by atoms with Gasteiger partial charge >= 0.3 is 0 Å². The normalized spacial score (nSPS) is 21.1. The standard InChI is InChI=1S/C26H29FN4O3/c27-21-16-20-19(17-31(26(20)34)22-8-9-24(32)28-25(22)33)15-23(21)30-13-11-29(12-14-30)10-4-7-18-5-2-1-3-6-18/h1-3,5-6,15-16,22H,4,7-14,17H2,(H,28,32,33). The highest BCUT2D eigenvalue weighted by Crippen LogP contribution is 2.33. The van der Waals surface area contributed by atoms with E-state index in [9.17, 15) is 14.4 Å². The largest absolute Gasteiger partial charge is 0.367 e. The highest BCUT2D eigenvalue weighted by Gasteiger charge is 2.39. The fraction of sp³-hybridized carbons (Fsp3) is 0.423. The lowest BCUT2D eigenvalue weighted by Crippen LogP contribution is -2.52. The summed E-state index contributed by atoms with van der Waals surface area (Å²) in [5, 5.41) is 2.30. The molecule has 0 aromatic heterocycles. The van der Waals surface area contributed by atoms with Crippen molar-refractivity contribution >= 4 is 23.4 Å². The molecule has 34 heavy (non-hydrogen) atoms. The Labute approximate surface area is 198 Å². The smallest absolute Gasteiger partial charge is 0.255 e. The first-order chi connectivity index (χ1) is 16.5. The van der Waals surface area contributed by atoms with Gasteiger partial charge in [-0.25, -0.2) is 4.39 Å². The number of piperazine rings is 1. The van der Waals surface area contributed by atoms with Crippen LogP contribution in [0.4, 0.5) is 10.1 Å². The Kier molecular flexibility index (Phi) is 6.32. The van der Waals surface area contributed by atoms with Crippen molar-refractivity contribution in [3.63, 3.8) is 0 Å². The maximum absolute atomic E-state index is 15.0. The van der Waals surface area contributed by atoms with E-state index >= 15 is 4.39 Å². The Hall–Kier alpha value is -3.26. The molecule has 3 heterocycles. The number of halogens is 1. The van der Waals surface area contributed by atoms with E-state index in [0.717, 1.165) is 51.1 Å². The van der Waals surface area contributed by atoms with Crippen LogP contribution in [-0.2, 0) is 22.6 Å². The molecule has 1 unspecified atom stereocenters. The zero-order valence-corrected chi connectivity index (χ0v) is 19.1. The van der Waals surface area contributed by atoms with E-state index in [1.54, 1.807) is 6.07 Å². The third-order valence-corrected chi connectivity index (χ3v) is 7.09. The number of carbonyl (C=O) groups is 3. The molecular weight excluding hydrogens is 435 g/mol. The van der Waals surface area contributed by atoms with Gasteiger partial charge in [-0.05, 0) is 49.1 Å². The number of hydrogen-bond acceptors (Lipinski definition) is 5. The number of carbonyl (C=O) groups excluding carboxylic acids is 3. The molecule has 0 aliphatic carbocycles. The third kappa shape index (κ3) is 4.55. The number of amides is 3. The summed E-state index contributed by atoms with van der Waals surface area (Å²) in [7, 11) is 0. The molecule has 0 bridgehead atoms. The Bertz CT molecular complexity index is 1100. The first kappa shape index (κ1) is 22.5. The summed E-state index contributed by atoms with van der Waals surface area (Å²) in [6.45, 7) is 4.47. The molecular formula is C26H29FN4O3. The van der Waals surface area contributed by atoms with E-state index in [0.29, 0.717) is 17.7 Å². The Morgan fingerprint density at radius 1 is 1.00 bits per heavy atom. The van der Waals surface area contributed by atoms with Crippen LogP contribution in [0.1, 0.15) is 40.7 Å². The lowest BCUT2D eigenvalue weighted by atomic mass is 10.0. The topological polar surface area (TPSA) is 73.0 Å². The Balaban J connectivity index is 1.19. The second kappa shape index (κ2) is 9.54. The average molecular weight is 465 g/mol. The summed E-state index contributed by atoms with van der Waals surface area (Å²) in [6, 6.07) is 12.9. The van der Waals surface area contributed by atoms with E-state index in [2.05, 4.69) is 34.5 Å². The van der Waals surface area contributed by atoms with Crippen LogP contribution < -0.4 is 10.2 Å². The second-order valence-electron chi connectivity index (χ2n) is 9.28. The molecule has 7 nitrogen and oxygen atoms in total. The van der Waals surface area contributed by atoms with Gasteiger partial charge in [0, 0.05) is 44.7 Å². The first-order valence-corrected chi connectivity index (χ1v) is 12.0. The number of rotatable bonds is 6. The van der Waals surface area contributed by atoms with Gasteiger partial charge in [0.15, 0.2) is 0 Å². The molecule has 0 spiro atoms. The number of benzene rings is 2. The zero-order valence-electron chi connectivity index (χ0n) is 19.1. The highest BCUT2D eigenvalue weighted by molar-refractivity contribution is 6.05. The van der Waals surface area contributed by atoms with Crippen LogP contribution in [0, 0.1) is 5.82 Å². The number of piperidine rings is 1. The number of hydrogen-bond donors (Lipinski definition) is 1. The molecule has 8 heteroatoms. The summed E-state index contributed by atoms with van der Waals surface area (Å²) in [5.74, 6) is -1.53. The van der Waals surface area contributed by atoms with Crippen molar-refractivity contribution in [2.75, 3.05) is 37.6 Å². The van der Waals surface area contributed by atoms with Gasteiger partial charge in [-0.1, -0.05) is 30.3 Å². The van der Waals surface area contributed by atoms with Gasteiger partial charge in [-0.2, -0.15) is 0 Å². The molecule has 0 saturated carbocycles. The zero-order chi connectivity index (χ0) is 23.7.